The van der Waals surface area contributed by atoms with E-state index in [9.17, 15) is 0 Å². The molecule has 2 aliphatic rings. The molecule has 0 saturated heterocycles. The van der Waals surface area contributed by atoms with Crippen LogP contribution in [0.25, 0.3) is 0 Å². The minimum atomic E-state index is 0. The van der Waals surface area contributed by atoms with Crippen LogP contribution >= 0.6 is 0 Å². The van der Waals surface area contributed by atoms with Crippen molar-refractivity contribution in [3.8, 4) is 0 Å². The number of nitrogens with one attached hydrogen (secondary N) is 2. The van der Waals surface area contributed by atoms with E-state index in [0.29, 0.717) is 23.0 Å². The molecule has 0 amide bonds. The maximum atomic E-state index is 7.46. The van der Waals surface area contributed by atoms with Crippen molar-refractivity contribution in [1.29, 1.82) is 5.41 Å². The second kappa shape index (κ2) is 9.00. The molecule has 1 aromatic heterocycles. The van der Waals surface area contributed by atoms with Crippen molar-refractivity contribution in [2.24, 2.45) is 0 Å². The van der Waals surface area contributed by atoms with Crippen LogP contribution in [0.4, 0.5) is 23.1 Å². The monoisotopic (exact) mass is 415 g/mol. The van der Waals surface area contributed by atoms with Gasteiger partial charge in [-0.25, -0.2) is 4.98 Å². The molecule has 6 heteroatoms. The lowest BCUT2D eigenvalue weighted by Crippen LogP contribution is -2.17. The number of nitrogens with zero attached hydrogens (tertiary/aromatic N) is 3. The molecule has 2 aromatic carbocycles. The van der Waals surface area contributed by atoms with Crippen LogP contribution in [0.3, 0.4) is 0 Å². The smallest absolute Gasteiger partial charge is 0.227 e. The largest absolute Gasteiger partial charge is 0.398 e. The lowest BCUT2D eigenvalue weighted by Gasteiger charge is -2.16. The van der Waals surface area contributed by atoms with Gasteiger partial charge in [0.1, 0.15) is 5.82 Å². The third-order valence-corrected chi connectivity index (χ3v) is 5.24. The summed E-state index contributed by atoms with van der Waals surface area (Å²) in [5.41, 5.74) is 13.4. The highest BCUT2D eigenvalue weighted by Gasteiger charge is 2.22. The SMILES string of the molecule is CC.N=Cc1cc(Nc2ccnc(N3Cc4ccc(CC5=C[CH]5)cc4C3)n2)ccc1N.[HH].[HH]. The second-order valence-electron chi connectivity index (χ2n) is 7.40. The number of hydrogen-bond donors (Lipinski definition) is 3. The molecular weight excluding hydrogens is 384 g/mol. The van der Waals surface area contributed by atoms with Crippen LogP contribution in [0.5, 0.6) is 0 Å². The summed E-state index contributed by atoms with van der Waals surface area (Å²) in [4.78, 5) is 11.4. The first-order valence-corrected chi connectivity index (χ1v) is 10.6. The number of nitrogens with two attached hydrogens (primary N) is 1. The van der Waals surface area contributed by atoms with Crippen LogP contribution in [-0.2, 0) is 19.5 Å². The first-order chi connectivity index (χ1) is 15.2. The average Bonchev–Trinajstić information content (AvgIpc) is 3.51. The molecule has 0 atom stereocenters. The highest BCUT2D eigenvalue weighted by Crippen LogP contribution is 2.30. The van der Waals surface area contributed by atoms with Gasteiger partial charge in [0.2, 0.25) is 5.95 Å². The fourth-order valence-corrected chi connectivity index (χ4v) is 3.61. The normalized spacial score (nSPS) is 13.6. The molecule has 5 rings (SSSR count). The van der Waals surface area contributed by atoms with Gasteiger partial charge < -0.3 is 21.4 Å². The number of rotatable bonds is 6. The lowest BCUT2D eigenvalue weighted by atomic mass is 10.0. The zero-order valence-electron chi connectivity index (χ0n) is 17.9. The molecule has 0 spiro atoms. The Kier molecular flexibility index (Phi) is 5.98. The summed E-state index contributed by atoms with van der Waals surface area (Å²) in [5, 5.41) is 10.7. The van der Waals surface area contributed by atoms with Crippen LogP contribution < -0.4 is 16.0 Å². The third kappa shape index (κ3) is 4.74. The topological polar surface area (TPSA) is 90.9 Å². The Morgan fingerprint density at radius 1 is 1.13 bits per heavy atom. The van der Waals surface area contributed by atoms with Gasteiger partial charge >= 0.3 is 0 Å². The van der Waals surface area contributed by atoms with Crippen LogP contribution in [0.2, 0.25) is 0 Å². The first kappa shape index (κ1) is 20.6. The summed E-state index contributed by atoms with van der Waals surface area (Å²) >= 11 is 0. The Morgan fingerprint density at radius 2 is 1.94 bits per heavy atom. The minimum Gasteiger partial charge on any atom is -0.398 e. The molecule has 6 nitrogen and oxygen atoms in total. The maximum absolute atomic E-state index is 7.46. The number of allylic oxidation sites excluding steroid dienone is 2. The molecule has 3 aromatic rings. The number of aromatic nitrogens is 2. The summed E-state index contributed by atoms with van der Waals surface area (Å²) in [6.07, 6.45) is 8.36. The summed E-state index contributed by atoms with van der Waals surface area (Å²) in [6.45, 7) is 5.63. The van der Waals surface area contributed by atoms with E-state index in [1.165, 1.54) is 28.5 Å². The Morgan fingerprint density at radius 3 is 2.71 bits per heavy atom. The second-order valence-corrected chi connectivity index (χ2v) is 7.40. The molecular formula is C25H31N6. The molecule has 0 bridgehead atoms. The molecule has 1 aliphatic carbocycles. The average molecular weight is 416 g/mol. The van der Waals surface area contributed by atoms with Crippen molar-refractivity contribution in [3.63, 3.8) is 0 Å². The number of anilines is 4. The van der Waals surface area contributed by atoms with Gasteiger partial charge in [-0.15, -0.1) is 0 Å². The molecule has 0 unspecified atom stereocenters. The molecule has 161 valence electrons. The van der Waals surface area contributed by atoms with Crippen molar-refractivity contribution in [1.82, 2.24) is 9.97 Å². The summed E-state index contributed by atoms with van der Waals surface area (Å²) < 4.78 is 0. The maximum Gasteiger partial charge on any atom is 0.227 e. The van der Waals surface area contributed by atoms with E-state index in [0.717, 1.165) is 25.2 Å². The van der Waals surface area contributed by atoms with Gasteiger partial charge in [0.25, 0.3) is 0 Å². The number of benzene rings is 2. The molecule has 0 saturated carbocycles. The van der Waals surface area contributed by atoms with E-state index in [-0.39, 0.29) is 2.85 Å². The van der Waals surface area contributed by atoms with Crippen molar-refractivity contribution in [3.05, 3.63) is 89.0 Å². The van der Waals surface area contributed by atoms with Crippen LogP contribution in [0, 0.1) is 11.8 Å². The van der Waals surface area contributed by atoms with Gasteiger partial charge in [0.05, 0.1) is 0 Å². The minimum absolute atomic E-state index is 0. The molecule has 31 heavy (non-hydrogen) atoms. The molecule has 1 radical (unpaired) electrons. The molecule has 0 fully saturated rings. The zero-order valence-corrected chi connectivity index (χ0v) is 17.9. The fraction of sp³-hybridized carbons (Fsp3) is 0.200. The number of nitrogen functional groups attached to an aromatic ring is 1. The Balaban J connectivity index is 0.000000939. The Hall–Kier alpha value is -3.67. The zero-order chi connectivity index (χ0) is 21.8. The van der Waals surface area contributed by atoms with Gasteiger partial charge in [-0.05, 0) is 47.4 Å². The quantitative estimate of drug-likeness (QED) is 0.364. The molecule has 2 heterocycles. The molecule has 1 aliphatic heterocycles. The summed E-state index contributed by atoms with van der Waals surface area (Å²) in [5.74, 6) is 1.41. The summed E-state index contributed by atoms with van der Waals surface area (Å²) in [7, 11) is 0. The van der Waals surface area contributed by atoms with Gasteiger partial charge in [0, 0.05) is 51.7 Å². The van der Waals surface area contributed by atoms with E-state index < -0.39 is 0 Å². The van der Waals surface area contributed by atoms with Gasteiger partial charge in [0.15, 0.2) is 0 Å². The fourth-order valence-electron chi connectivity index (χ4n) is 3.61. The number of hydrogen-bond acceptors (Lipinski definition) is 6. The van der Waals surface area contributed by atoms with Crippen molar-refractivity contribution < 1.29 is 2.85 Å². The standard InChI is InChI=1S/C23H21N6.C2H6.2H2/c24-12-18-11-20(5-6-21(18)25)27-22-7-8-26-23(28-22)29-13-17-4-3-16(9-15-1-2-15)10-19(17)14-29;1-2;;/h1-8,10-12,24H,9,13-14,25H2,(H,26,27,28);1-2H3;2*1H. The lowest BCUT2D eigenvalue weighted by molar-refractivity contribution is 0.829. The van der Waals surface area contributed by atoms with Gasteiger partial charge in [-0.3, -0.25) is 0 Å². The van der Waals surface area contributed by atoms with E-state index in [4.69, 9.17) is 16.1 Å². The highest BCUT2D eigenvalue weighted by molar-refractivity contribution is 5.87. The first-order valence-electron chi connectivity index (χ1n) is 10.6. The van der Waals surface area contributed by atoms with Crippen LogP contribution in [0.15, 0.2) is 60.3 Å². The van der Waals surface area contributed by atoms with E-state index in [1.54, 1.807) is 12.3 Å². The predicted octanol–water partition coefficient (Wildman–Crippen LogP) is 5.53. The van der Waals surface area contributed by atoms with Gasteiger partial charge in [-0.1, -0.05) is 43.7 Å². The van der Waals surface area contributed by atoms with Crippen molar-refractivity contribution in [2.75, 3.05) is 16.0 Å². The number of fused-ring (bicyclic) bond motifs is 1. The van der Waals surface area contributed by atoms with E-state index >= 15 is 0 Å². The Bertz CT molecular complexity index is 1150. The Labute approximate surface area is 186 Å². The summed E-state index contributed by atoms with van der Waals surface area (Å²) in [6, 6.07) is 14.1. The van der Waals surface area contributed by atoms with E-state index in [2.05, 4.69) is 45.9 Å². The van der Waals surface area contributed by atoms with Crippen molar-refractivity contribution >= 4 is 29.4 Å². The highest BCUT2D eigenvalue weighted by atomic mass is 15.3. The predicted molar refractivity (Wildman–Crippen MR) is 132 cm³/mol. The van der Waals surface area contributed by atoms with Gasteiger partial charge in [-0.2, -0.15) is 4.98 Å². The van der Waals surface area contributed by atoms with Crippen molar-refractivity contribution in [2.45, 2.75) is 33.4 Å². The molecule has 4 N–H and O–H groups in total. The van der Waals surface area contributed by atoms with E-state index in [1.807, 2.05) is 32.0 Å². The third-order valence-electron chi connectivity index (χ3n) is 5.24. The van der Waals surface area contributed by atoms with Crippen LogP contribution in [-0.4, -0.2) is 16.2 Å². The van der Waals surface area contributed by atoms with Crippen LogP contribution in [0.1, 0.15) is 39.0 Å².